The van der Waals surface area contributed by atoms with Crippen molar-refractivity contribution in [3.8, 4) is 33.3 Å². The van der Waals surface area contributed by atoms with Crippen LogP contribution >= 0.6 is 11.3 Å². The third kappa shape index (κ3) is 5.23. The number of benzene rings is 3. The predicted molar refractivity (Wildman–Crippen MR) is 138 cm³/mol. The zero-order valence-electron chi connectivity index (χ0n) is 19.6. The molecule has 0 radical (unpaired) electrons. The molecule has 0 spiro atoms. The van der Waals surface area contributed by atoms with Crippen LogP contribution in [0.1, 0.15) is 6.92 Å². The monoisotopic (exact) mass is 500 g/mol. The lowest BCUT2D eigenvalue weighted by molar-refractivity contribution is -0.144. The molecule has 0 saturated carbocycles. The number of fused-ring (bicyclic) bond motifs is 1. The number of ether oxygens (including phenoxy) is 3. The fourth-order valence-electron chi connectivity index (χ4n) is 3.86. The zero-order valence-corrected chi connectivity index (χ0v) is 20.4. The molecule has 0 bridgehead atoms. The number of esters is 1. The Morgan fingerprint density at radius 3 is 2.53 bits per heavy atom. The van der Waals surface area contributed by atoms with E-state index in [4.69, 9.17) is 19.2 Å². The molecule has 1 aromatic heterocycles. The quantitative estimate of drug-likeness (QED) is 0.244. The van der Waals surface area contributed by atoms with Crippen LogP contribution in [-0.4, -0.2) is 42.7 Å². The molecule has 3 aromatic carbocycles. The second-order valence-electron chi connectivity index (χ2n) is 8.15. The summed E-state index contributed by atoms with van der Waals surface area (Å²) < 4.78 is 16.7. The number of anilines is 1. The van der Waals surface area contributed by atoms with Crippen LogP contribution in [0.5, 0.6) is 11.5 Å². The Hall–Kier alpha value is -4.17. The van der Waals surface area contributed by atoms with E-state index in [9.17, 15) is 9.59 Å². The molecule has 0 saturated heterocycles. The molecule has 36 heavy (non-hydrogen) atoms. The molecule has 4 aromatic rings. The highest BCUT2D eigenvalue weighted by molar-refractivity contribution is 7.13. The van der Waals surface area contributed by atoms with Crippen molar-refractivity contribution in [3.05, 3.63) is 84.2 Å². The third-order valence-electron chi connectivity index (χ3n) is 5.63. The fraction of sp³-hybridized carbons (Fsp3) is 0.179. The Labute approximate surface area is 212 Å². The summed E-state index contributed by atoms with van der Waals surface area (Å²) in [5, 5.41) is 2.88. The highest BCUT2D eigenvalue weighted by atomic mass is 32.1. The Balaban J connectivity index is 1.29. The molecule has 1 aliphatic rings. The van der Waals surface area contributed by atoms with Gasteiger partial charge in [0.1, 0.15) is 36.3 Å². The smallest absolute Gasteiger partial charge is 0.326 e. The first-order chi connectivity index (χ1) is 17.6. The third-order valence-corrected chi connectivity index (χ3v) is 6.52. The van der Waals surface area contributed by atoms with Gasteiger partial charge in [0, 0.05) is 16.5 Å². The highest BCUT2D eigenvalue weighted by Crippen LogP contribution is 2.38. The van der Waals surface area contributed by atoms with E-state index in [2.05, 4.69) is 0 Å². The SMILES string of the molecule is CC1Oc2ccc(-c3csc(-c4ccccc4)n3)cc2N(CC(=O)OCCOc2ccccc2)C1=O. The number of nitrogens with zero attached hydrogens (tertiary/aromatic N) is 2. The minimum atomic E-state index is -0.707. The van der Waals surface area contributed by atoms with Gasteiger partial charge < -0.3 is 14.2 Å². The van der Waals surface area contributed by atoms with Crippen LogP contribution in [0, 0.1) is 0 Å². The van der Waals surface area contributed by atoms with E-state index in [-0.39, 0.29) is 25.7 Å². The van der Waals surface area contributed by atoms with Crippen molar-refractivity contribution in [2.45, 2.75) is 13.0 Å². The average molecular weight is 501 g/mol. The van der Waals surface area contributed by atoms with Gasteiger partial charge in [0.2, 0.25) is 0 Å². The topological polar surface area (TPSA) is 78.0 Å². The summed E-state index contributed by atoms with van der Waals surface area (Å²) in [6.45, 7) is 1.74. The molecular formula is C28H24N2O5S. The van der Waals surface area contributed by atoms with Crippen molar-refractivity contribution in [3.63, 3.8) is 0 Å². The van der Waals surface area contributed by atoms with Crippen molar-refractivity contribution < 1.29 is 23.8 Å². The number of carbonyl (C=O) groups excluding carboxylic acids is 2. The van der Waals surface area contributed by atoms with Crippen LogP contribution in [-0.2, 0) is 14.3 Å². The first kappa shape index (κ1) is 23.6. The molecule has 0 fully saturated rings. The average Bonchev–Trinajstić information content (AvgIpc) is 3.41. The number of para-hydroxylation sites is 1. The molecule has 8 heteroatoms. The first-order valence-electron chi connectivity index (χ1n) is 11.6. The van der Waals surface area contributed by atoms with Gasteiger partial charge in [-0.3, -0.25) is 14.5 Å². The van der Waals surface area contributed by atoms with Crippen molar-refractivity contribution in [2.75, 3.05) is 24.7 Å². The Morgan fingerprint density at radius 2 is 1.75 bits per heavy atom. The molecule has 1 atom stereocenters. The van der Waals surface area contributed by atoms with Crippen molar-refractivity contribution >= 4 is 28.9 Å². The maximum atomic E-state index is 12.9. The number of hydrogen-bond donors (Lipinski definition) is 0. The van der Waals surface area contributed by atoms with Gasteiger partial charge in [-0.1, -0.05) is 48.5 Å². The standard InChI is InChI=1S/C28H24N2O5S/c1-19-28(32)30(17-26(31)34-15-14-33-22-10-6-3-7-11-22)24-16-21(12-13-25(24)35-19)23-18-36-27(29-23)20-8-4-2-5-9-20/h2-13,16,18-19H,14-15,17H2,1H3. The van der Waals surface area contributed by atoms with E-state index in [1.807, 2.05) is 78.2 Å². The number of hydrogen-bond acceptors (Lipinski definition) is 7. The van der Waals surface area contributed by atoms with Crippen molar-refractivity contribution in [2.24, 2.45) is 0 Å². The summed E-state index contributed by atoms with van der Waals surface area (Å²) in [6, 6.07) is 24.8. The molecule has 182 valence electrons. The maximum absolute atomic E-state index is 12.9. The van der Waals surface area contributed by atoms with E-state index >= 15 is 0 Å². The summed E-state index contributed by atoms with van der Waals surface area (Å²) >= 11 is 1.55. The van der Waals surface area contributed by atoms with E-state index in [0.29, 0.717) is 17.2 Å². The summed E-state index contributed by atoms with van der Waals surface area (Å²) in [5.74, 6) is 0.403. The number of aromatic nitrogens is 1. The summed E-state index contributed by atoms with van der Waals surface area (Å²) in [7, 11) is 0. The molecule has 0 N–H and O–H groups in total. The maximum Gasteiger partial charge on any atom is 0.326 e. The van der Waals surface area contributed by atoms with Gasteiger partial charge >= 0.3 is 5.97 Å². The van der Waals surface area contributed by atoms with Crippen LogP contribution in [0.2, 0.25) is 0 Å². The number of carbonyl (C=O) groups is 2. The molecule has 7 nitrogen and oxygen atoms in total. The van der Waals surface area contributed by atoms with Crippen LogP contribution in [0.25, 0.3) is 21.8 Å². The highest BCUT2D eigenvalue weighted by Gasteiger charge is 2.33. The van der Waals surface area contributed by atoms with Gasteiger partial charge in [0.25, 0.3) is 5.91 Å². The Kier molecular flexibility index (Phi) is 6.95. The van der Waals surface area contributed by atoms with Gasteiger partial charge in [0.05, 0.1) is 11.4 Å². The first-order valence-corrected chi connectivity index (χ1v) is 12.4. The number of thiazole rings is 1. The lowest BCUT2D eigenvalue weighted by Gasteiger charge is -2.32. The van der Waals surface area contributed by atoms with Gasteiger partial charge in [-0.15, -0.1) is 11.3 Å². The fourth-order valence-corrected chi connectivity index (χ4v) is 4.69. The van der Waals surface area contributed by atoms with Crippen molar-refractivity contribution in [1.29, 1.82) is 0 Å². The number of rotatable bonds is 8. The molecule has 0 aliphatic carbocycles. The second-order valence-corrected chi connectivity index (χ2v) is 9.01. The molecular weight excluding hydrogens is 476 g/mol. The molecule has 2 heterocycles. The van der Waals surface area contributed by atoms with Crippen LogP contribution in [0.3, 0.4) is 0 Å². The predicted octanol–water partition coefficient (Wildman–Crippen LogP) is 5.21. The minimum absolute atomic E-state index is 0.0792. The summed E-state index contributed by atoms with van der Waals surface area (Å²) in [5.41, 5.74) is 3.17. The lowest BCUT2D eigenvalue weighted by Crippen LogP contribution is -2.47. The van der Waals surface area contributed by atoms with Crippen molar-refractivity contribution in [1.82, 2.24) is 4.98 Å². The Bertz CT molecular complexity index is 1360. The van der Waals surface area contributed by atoms with E-state index < -0.39 is 12.1 Å². The van der Waals surface area contributed by atoms with E-state index in [1.54, 1.807) is 24.3 Å². The van der Waals surface area contributed by atoms with Crippen LogP contribution in [0.4, 0.5) is 5.69 Å². The van der Waals surface area contributed by atoms with E-state index in [1.165, 1.54) is 4.90 Å². The number of amides is 1. The minimum Gasteiger partial charge on any atom is -0.490 e. The molecule has 1 amide bonds. The van der Waals surface area contributed by atoms with Crippen LogP contribution in [0.15, 0.2) is 84.2 Å². The molecule has 1 aliphatic heterocycles. The van der Waals surface area contributed by atoms with Gasteiger partial charge in [-0.25, -0.2) is 4.98 Å². The Morgan fingerprint density at radius 1 is 1.00 bits per heavy atom. The van der Waals surface area contributed by atoms with E-state index in [0.717, 1.165) is 21.8 Å². The van der Waals surface area contributed by atoms with Crippen LogP contribution < -0.4 is 14.4 Å². The molecule has 5 rings (SSSR count). The van der Waals surface area contributed by atoms with Gasteiger partial charge in [0.15, 0.2) is 6.10 Å². The second kappa shape index (κ2) is 10.6. The largest absolute Gasteiger partial charge is 0.490 e. The lowest BCUT2D eigenvalue weighted by atomic mass is 10.1. The molecule has 1 unspecified atom stereocenters. The zero-order chi connectivity index (χ0) is 24.9. The van der Waals surface area contributed by atoms with Gasteiger partial charge in [-0.2, -0.15) is 0 Å². The summed E-state index contributed by atoms with van der Waals surface area (Å²) in [6.07, 6.45) is -0.707. The van der Waals surface area contributed by atoms with Gasteiger partial charge in [-0.05, 0) is 37.3 Å². The normalized spacial score (nSPS) is 14.6. The summed E-state index contributed by atoms with van der Waals surface area (Å²) in [4.78, 5) is 31.7.